The highest BCUT2D eigenvalue weighted by Gasteiger charge is 2.16. The number of H-pyrrole nitrogens is 1. The molecule has 0 atom stereocenters. The number of hydrogen-bond donors (Lipinski definition) is 1. The van der Waals surface area contributed by atoms with Crippen molar-refractivity contribution in [2.24, 2.45) is 0 Å². The molecule has 0 radical (unpaired) electrons. The average molecular weight is 208 g/mol. The first-order valence-corrected chi connectivity index (χ1v) is 3.86. The number of aromatic nitrogens is 2. The summed E-state index contributed by atoms with van der Waals surface area (Å²) in [6.07, 6.45) is 0. The molecule has 0 aliphatic rings. The lowest BCUT2D eigenvalue weighted by molar-refractivity contribution is -0.393. The van der Waals surface area contributed by atoms with E-state index in [4.69, 9.17) is 0 Å². The molecule has 1 heterocycles. The molecule has 0 bridgehead atoms. The van der Waals surface area contributed by atoms with Gasteiger partial charge in [0, 0.05) is 6.07 Å². The van der Waals surface area contributed by atoms with E-state index in [9.17, 15) is 20.2 Å². The van der Waals surface area contributed by atoms with Gasteiger partial charge in [-0.2, -0.15) is 0 Å². The van der Waals surface area contributed by atoms with E-state index in [1.807, 2.05) is 0 Å². The molecule has 0 amide bonds. The van der Waals surface area contributed by atoms with E-state index in [0.717, 1.165) is 0 Å². The molecule has 15 heavy (non-hydrogen) atoms. The quantitative estimate of drug-likeness (QED) is 0.591. The van der Waals surface area contributed by atoms with Gasteiger partial charge in [0.25, 0.3) is 5.69 Å². The second kappa shape index (κ2) is 3.01. The van der Waals surface area contributed by atoms with Crippen molar-refractivity contribution in [1.29, 1.82) is 0 Å². The van der Waals surface area contributed by atoms with E-state index in [-0.39, 0.29) is 11.2 Å². The largest absolute Gasteiger partial charge is 0.433 e. The van der Waals surface area contributed by atoms with Crippen molar-refractivity contribution >= 4 is 22.7 Å². The molecule has 2 aromatic rings. The van der Waals surface area contributed by atoms with Gasteiger partial charge in [-0.3, -0.25) is 10.1 Å². The molecule has 76 valence electrons. The van der Waals surface area contributed by atoms with Crippen LogP contribution in [0.1, 0.15) is 0 Å². The van der Waals surface area contributed by atoms with Crippen molar-refractivity contribution in [3.05, 3.63) is 38.4 Å². The second-order valence-electron chi connectivity index (χ2n) is 2.78. The zero-order chi connectivity index (χ0) is 11.0. The Labute approximate surface area is 81.8 Å². The minimum Gasteiger partial charge on any atom is -0.390 e. The van der Waals surface area contributed by atoms with Gasteiger partial charge in [-0.1, -0.05) is 4.98 Å². The molecule has 1 aromatic heterocycles. The highest BCUT2D eigenvalue weighted by Crippen LogP contribution is 2.20. The maximum absolute atomic E-state index is 10.4. The zero-order valence-corrected chi connectivity index (χ0v) is 7.21. The highest BCUT2D eigenvalue weighted by atomic mass is 16.6. The maximum atomic E-state index is 10.4. The summed E-state index contributed by atoms with van der Waals surface area (Å²) >= 11 is 0. The third-order valence-electron chi connectivity index (χ3n) is 1.84. The summed E-state index contributed by atoms with van der Waals surface area (Å²) in [7, 11) is 0. The third-order valence-corrected chi connectivity index (χ3v) is 1.84. The number of nitro benzene ring substituents is 1. The van der Waals surface area contributed by atoms with Crippen LogP contribution < -0.4 is 0 Å². The Hall–Kier alpha value is -2.51. The number of aromatic amines is 1. The summed E-state index contributed by atoms with van der Waals surface area (Å²) in [5, 5.41) is 20.8. The summed E-state index contributed by atoms with van der Waals surface area (Å²) in [6, 6.07) is 3.80. The Balaban J connectivity index is 2.62. The number of nitrogens with one attached hydrogen (secondary N) is 1. The zero-order valence-electron chi connectivity index (χ0n) is 7.21. The number of nitro groups is 2. The van der Waals surface area contributed by atoms with Gasteiger partial charge in [0.2, 0.25) is 0 Å². The number of non-ortho nitro benzene ring substituents is 1. The standard InChI is InChI=1S/C7H4N4O4/c12-10(13)4-1-2-5-6(3-4)9-7(8-5)11(14)15/h1-3H,(H,8,9). The van der Waals surface area contributed by atoms with Crippen molar-refractivity contribution in [2.45, 2.75) is 0 Å². The van der Waals surface area contributed by atoms with Gasteiger partial charge >= 0.3 is 5.95 Å². The number of nitrogens with zero attached hydrogens (tertiary/aromatic N) is 3. The van der Waals surface area contributed by atoms with E-state index in [1.165, 1.54) is 18.2 Å². The predicted molar refractivity (Wildman–Crippen MR) is 49.4 cm³/mol. The molecule has 1 aromatic carbocycles. The van der Waals surface area contributed by atoms with Gasteiger partial charge in [0.1, 0.15) is 5.52 Å². The van der Waals surface area contributed by atoms with Crippen molar-refractivity contribution in [3.8, 4) is 0 Å². The van der Waals surface area contributed by atoms with E-state index in [1.54, 1.807) is 0 Å². The Morgan fingerprint density at radius 1 is 1.20 bits per heavy atom. The predicted octanol–water partition coefficient (Wildman–Crippen LogP) is 1.38. The number of rotatable bonds is 2. The van der Waals surface area contributed by atoms with Crippen molar-refractivity contribution in [1.82, 2.24) is 9.97 Å². The van der Waals surface area contributed by atoms with Gasteiger partial charge in [-0.05, 0) is 11.0 Å². The van der Waals surface area contributed by atoms with Gasteiger partial charge < -0.3 is 10.1 Å². The molecule has 0 saturated heterocycles. The second-order valence-corrected chi connectivity index (χ2v) is 2.78. The molecular weight excluding hydrogens is 204 g/mol. The first kappa shape index (κ1) is 9.06. The fourth-order valence-corrected chi connectivity index (χ4v) is 1.18. The lowest BCUT2D eigenvalue weighted by atomic mass is 10.3. The van der Waals surface area contributed by atoms with E-state index >= 15 is 0 Å². The van der Waals surface area contributed by atoms with Gasteiger partial charge in [0.15, 0.2) is 5.52 Å². The first-order valence-electron chi connectivity index (χ1n) is 3.86. The fourth-order valence-electron chi connectivity index (χ4n) is 1.18. The lowest BCUT2D eigenvalue weighted by Crippen LogP contribution is -1.88. The third kappa shape index (κ3) is 1.47. The molecule has 1 N–H and O–H groups in total. The summed E-state index contributed by atoms with van der Waals surface area (Å²) in [4.78, 5) is 25.5. The Morgan fingerprint density at radius 2 is 1.93 bits per heavy atom. The normalized spacial score (nSPS) is 10.4. The van der Waals surface area contributed by atoms with Crippen LogP contribution in [0.3, 0.4) is 0 Å². The summed E-state index contributed by atoms with van der Waals surface area (Å²) in [5.74, 6) is -0.425. The summed E-state index contributed by atoms with van der Waals surface area (Å²) in [5.41, 5.74) is 0.462. The summed E-state index contributed by atoms with van der Waals surface area (Å²) in [6.45, 7) is 0. The molecular formula is C7H4N4O4. The Bertz CT molecular complexity index is 549. The van der Waals surface area contributed by atoms with Crippen LogP contribution in [0, 0.1) is 20.2 Å². The minimum absolute atomic E-state index is 0.138. The van der Waals surface area contributed by atoms with E-state index < -0.39 is 15.8 Å². The average Bonchev–Trinajstić information content (AvgIpc) is 2.59. The first-order chi connectivity index (χ1) is 7.08. The monoisotopic (exact) mass is 208 g/mol. The van der Waals surface area contributed by atoms with Crippen LogP contribution >= 0.6 is 0 Å². The lowest BCUT2D eigenvalue weighted by Gasteiger charge is -1.87. The van der Waals surface area contributed by atoms with Gasteiger partial charge in [-0.25, -0.2) is 4.98 Å². The van der Waals surface area contributed by atoms with Crippen LogP contribution in [0.15, 0.2) is 18.2 Å². The van der Waals surface area contributed by atoms with Crippen LogP contribution in [0.5, 0.6) is 0 Å². The summed E-state index contributed by atoms with van der Waals surface area (Å²) < 4.78 is 0. The van der Waals surface area contributed by atoms with E-state index in [2.05, 4.69) is 9.97 Å². The molecule has 0 spiro atoms. The molecule has 0 fully saturated rings. The number of hydrogen-bond acceptors (Lipinski definition) is 5. The van der Waals surface area contributed by atoms with Gasteiger partial charge in [0.05, 0.1) is 11.0 Å². The van der Waals surface area contributed by atoms with Crippen LogP contribution in [0.2, 0.25) is 0 Å². The Kier molecular flexibility index (Phi) is 1.82. The van der Waals surface area contributed by atoms with Crippen LogP contribution in [-0.2, 0) is 0 Å². The smallest absolute Gasteiger partial charge is 0.390 e. The molecule has 0 unspecified atom stereocenters. The van der Waals surface area contributed by atoms with E-state index in [0.29, 0.717) is 5.52 Å². The van der Waals surface area contributed by atoms with Crippen LogP contribution in [0.4, 0.5) is 11.6 Å². The molecule has 8 heteroatoms. The molecule has 0 aliphatic carbocycles. The fraction of sp³-hybridized carbons (Fsp3) is 0. The molecule has 0 aliphatic heterocycles. The minimum atomic E-state index is -0.689. The number of fused-ring (bicyclic) bond motifs is 1. The van der Waals surface area contributed by atoms with Crippen molar-refractivity contribution < 1.29 is 9.85 Å². The highest BCUT2D eigenvalue weighted by molar-refractivity contribution is 5.78. The SMILES string of the molecule is O=[N+]([O-])c1ccc2nc([N+](=O)[O-])[nH]c2c1. The Morgan fingerprint density at radius 3 is 2.53 bits per heavy atom. The number of benzene rings is 1. The topological polar surface area (TPSA) is 115 Å². The van der Waals surface area contributed by atoms with Gasteiger partial charge in [-0.15, -0.1) is 0 Å². The molecule has 0 saturated carbocycles. The van der Waals surface area contributed by atoms with Crippen LogP contribution in [0.25, 0.3) is 11.0 Å². The van der Waals surface area contributed by atoms with Crippen molar-refractivity contribution in [2.75, 3.05) is 0 Å². The number of imidazole rings is 1. The molecule has 8 nitrogen and oxygen atoms in total. The molecule has 2 rings (SSSR count). The maximum Gasteiger partial charge on any atom is 0.433 e. The van der Waals surface area contributed by atoms with Crippen LogP contribution in [-0.4, -0.2) is 19.8 Å². The van der Waals surface area contributed by atoms with Crippen molar-refractivity contribution in [3.63, 3.8) is 0 Å².